The van der Waals surface area contributed by atoms with Crippen LogP contribution >= 0.6 is 0 Å². The summed E-state index contributed by atoms with van der Waals surface area (Å²) in [5.41, 5.74) is 7.30. The molecule has 0 spiro atoms. The maximum atomic E-state index is 12.4. The van der Waals surface area contributed by atoms with Gasteiger partial charge in [-0.15, -0.1) is 0 Å². The molecule has 2 aromatic carbocycles. The van der Waals surface area contributed by atoms with E-state index in [9.17, 15) is 4.79 Å². The van der Waals surface area contributed by atoms with Gasteiger partial charge in [-0.3, -0.25) is 4.79 Å². The minimum Gasteiger partial charge on any atom is -0.356 e. The van der Waals surface area contributed by atoms with E-state index in [0.717, 1.165) is 57.3 Å². The van der Waals surface area contributed by atoms with Gasteiger partial charge in [0, 0.05) is 24.3 Å². The van der Waals surface area contributed by atoms with Crippen LogP contribution in [0.5, 0.6) is 0 Å². The number of rotatable bonds is 12. The van der Waals surface area contributed by atoms with Crippen molar-refractivity contribution in [1.29, 1.82) is 0 Å². The van der Waals surface area contributed by atoms with Gasteiger partial charge in [0.25, 0.3) is 0 Å². The maximum Gasteiger partial charge on any atom is 0.224 e. The van der Waals surface area contributed by atoms with Gasteiger partial charge in [-0.25, -0.2) is 4.98 Å². The molecule has 0 bridgehead atoms. The van der Waals surface area contributed by atoms with Crippen molar-refractivity contribution in [2.45, 2.75) is 72.3 Å². The number of imidazole rings is 1. The monoisotopic (exact) mass is 431 g/mol. The van der Waals surface area contributed by atoms with Crippen LogP contribution in [0.4, 0.5) is 0 Å². The van der Waals surface area contributed by atoms with Gasteiger partial charge in [0.15, 0.2) is 0 Å². The minimum absolute atomic E-state index is 0.133. The third-order valence-electron chi connectivity index (χ3n) is 6.12. The summed E-state index contributed by atoms with van der Waals surface area (Å²) in [7, 11) is 0. The smallest absolute Gasteiger partial charge is 0.224 e. The molecule has 0 atom stereocenters. The van der Waals surface area contributed by atoms with Crippen molar-refractivity contribution in [3.8, 4) is 11.3 Å². The summed E-state index contributed by atoms with van der Waals surface area (Å²) in [6.07, 6.45) is 8.75. The average Bonchev–Trinajstić information content (AvgIpc) is 3.22. The molecule has 0 fully saturated rings. The summed E-state index contributed by atoms with van der Waals surface area (Å²) in [5.74, 6) is 0.133. The Morgan fingerprint density at radius 3 is 2.56 bits per heavy atom. The molecule has 3 rings (SSSR count). The molecule has 1 amide bonds. The zero-order valence-electron chi connectivity index (χ0n) is 19.9. The highest BCUT2D eigenvalue weighted by Gasteiger charge is 2.12. The van der Waals surface area contributed by atoms with Crippen LogP contribution in [0.2, 0.25) is 0 Å². The Morgan fingerprint density at radius 2 is 1.81 bits per heavy atom. The highest BCUT2D eigenvalue weighted by Crippen LogP contribution is 2.23. The van der Waals surface area contributed by atoms with Crippen LogP contribution in [-0.4, -0.2) is 22.0 Å². The van der Waals surface area contributed by atoms with Crippen molar-refractivity contribution in [2.75, 3.05) is 6.54 Å². The standard InChI is InChI=1S/C28H37N3O/c1-4-6-18-29-27(32)20-25-22(3)13-12-17-23(25)14-10-11-19-31-21-30-28(26(31)5-2)24-15-8-7-9-16-24/h7-9,12-13,15-17,21H,4-6,10-11,14,18-20H2,1-3H3,(H,29,32). The Hall–Kier alpha value is -2.88. The number of hydrogen-bond donors (Lipinski definition) is 1. The van der Waals surface area contributed by atoms with Crippen LogP contribution in [0.25, 0.3) is 11.3 Å². The lowest BCUT2D eigenvalue weighted by molar-refractivity contribution is -0.120. The molecule has 0 saturated heterocycles. The second-order valence-corrected chi connectivity index (χ2v) is 8.50. The summed E-state index contributed by atoms with van der Waals surface area (Å²) >= 11 is 0. The highest BCUT2D eigenvalue weighted by atomic mass is 16.1. The van der Waals surface area contributed by atoms with Crippen LogP contribution in [-0.2, 0) is 30.6 Å². The zero-order valence-corrected chi connectivity index (χ0v) is 19.9. The van der Waals surface area contributed by atoms with E-state index in [0.29, 0.717) is 6.42 Å². The van der Waals surface area contributed by atoms with E-state index in [-0.39, 0.29) is 5.91 Å². The molecule has 1 heterocycles. The molecule has 1 aromatic heterocycles. The van der Waals surface area contributed by atoms with Gasteiger partial charge in [0.2, 0.25) is 5.91 Å². The van der Waals surface area contributed by atoms with Crippen LogP contribution < -0.4 is 5.32 Å². The Bertz CT molecular complexity index is 991. The van der Waals surface area contributed by atoms with E-state index < -0.39 is 0 Å². The second-order valence-electron chi connectivity index (χ2n) is 8.50. The van der Waals surface area contributed by atoms with Crippen molar-refractivity contribution < 1.29 is 4.79 Å². The maximum absolute atomic E-state index is 12.4. The fourth-order valence-corrected chi connectivity index (χ4v) is 4.28. The summed E-state index contributed by atoms with van der Waals surface area (Å²) in [6.45, 7) is 8.20. The van der Waals surface area contributed by atoms with E-state index in [2.05, 4.69) is 73.1 Å². The molecule has 170 valence electrons. The fraction of sp³-hybridized carbons (Fsp3) is 0.429. The van der Waals surface area contributed by atoms with Crippen LogP contribution in [0.1, 0.15) is 61.9 Å². The Labute approximate surface area is 193 Å². The second kappa shape index (κ2) is 12.2. The zero-order chi connectivity index (χ0) is 22.8. The molecular formula is C28H37N3O. The number of hydrogen-bond acceptors (Lipinski definition) is 2. The van der Waals surface area contributed by atoms with E-state index >= 15 is 0 Å². The van der Waals surface area contributed by atoms with E-state index in [4.69, 9.17) is 4.98 Å². The molecule has 1 N–H and O–H groups in total. The molecule has 4 nitrogen and oxygen atoms in total. The van der Waals surface area contributed by atoms with Gasteiger partial charge >= 0.3 is 0 Å². The quantitative estimate of drug-likeness (QED) is 0.363. The lowest BCUT2D eigenvalue weighted by Gasteiger charge is -2.13. The third-order valence-corrected chi connectivity index (χ3v) is 6.12. The molecule has 0 saturated carbocycles. The van der Waals surface area contributed by atoms with Gasteiger partial charge < -0.3 is 9.88 Å². The number of unbranched alkanes of at least 4 members (excludes halogenated alkanes) is 2. The molecule has 0 aliphatic heterocycles. The number of aryl methyl sites for hydroxylation is 3. The SMILES string of the molecule is CCCCNC(=O)Cc1c(C)cccc1CCCCn1cnc(-c2ccccc2)c1CC. The summed E-state index contributed by atoms with van der Waals surface area (Å²) in [6, 6.07) is 16.8. The summed E-state index contributed by atoms with van der Waals surface area (Å²) < 4.78 is 2.31. The first-order valence-electron chi connectivity index (χ1n) is 12.1. The van der Waals surface area contributed by atoms with Gasteiger partial charge in [-0.1, -0.05) is 68.8 Å². The summed E-state index contributed by atoms with van der Waals surface area (Å²) in [5, 5.41) is 3.05. The fourth-order valence-electron chi connectivity index (χ4n) is 4.28. The summed E-state index contributed by atoms with van der Waals surface area (Å²) in [4.78, 5) is 17.1. The van der Waals surface area contributed by atoms with Gasteiger partial charge in [-0.2, -0.15) is 0 Å². The van der Waals surface area contributed by atoms with Crippen LogP contribution in [0, 0.1) is 6.92 Å². The molecule has 3 aromatic rings. The largest absolute Gasteiger partial charge is 0.356 e. The lowest BCUT2D eigenvalue weighted by Crippen LogP contribution is -2.26. The molecule has 0 radical (unpaired) electrons. The van der Waals surface area contributed by atoms with Crippen LogP contribution in [0.15, 0.2) is 54.9 Å². The van der Waals surface area contributed by atoms with Crippen molar-refractivity contribution in [3.63, 3.8) is 0 Å². The van der Waals surface area contributed by atoms with E-state index in [1.165, 1.54) is 27.9 Å². The van der Waals surface area contributed by atoms with Gasteiger partial charge in [0.05, 0.1) is 18.4 Å². The topological polar surface area (TPSA) is 46.9 Å². The molecular weight excluding hydrogens is 394 g/mol. The van der Waals surface area contributed by atoms with Crippen molar-refractivity contribution in [3.05, 3.63) is 77.2 Å². The number of amides is 1. The number of nitrogens with one attached hydrogen (secondary N) is 1. The first kappa shape index (κ1) is 23.8. The lowest BCUT2D eigenvalue weighted by atomic mass is 9.95. The highest BCUT2D eigenvalue weighted by molar-refractivity contribution is 5.79. The number of benzene rings is 2. The van der Waals surface area contributed by atoms with Crippen molar-refractivity contribution >= 4 is 5.91 Å². The molecule has 0 aliphatic carbocycles. The number of carbonyl (C=O) groups excluding carboxylic acids is 1. The van der Waals surface area contributed by atoms with E-state index in [1.807, 2.05) is 12.4 Å². The Morgan fingerprint density at radius 1 is 1.00 bits per heavy atom. The molecule has 0 unspecified atom stereocenters. The predicted octanol–water partition coefficient (Wildman–Crippen LogP) is 5.90. The molecule has 4 heteroatoms. The normalized spacial score (nSPS) is 11.0. The van der Waals surface area contributed by atoms with Crippen molar-refractivity contribution in [2.24, 2.45) is 0 Å². The third kappa shape index (κ3) is 6.32. The average molecular weight is 432 g/mol. The van der Waals surface area contributed by atoms with Gasteiger partial charge in [0.1, 0.15) is 0 Å². The van der Waals surface area contributed by atoms with Crippen molar-refractivity contribution in [1.82, 2.24) is 14.9 Å². The first-order chi connectivity index (χ1) is 15.6. The number of aromatic nitrogens is 2. The molecule has 32 heavy (non-hydrogen) atoms. The van der Waals surface area contributed by atoms with Crippen LogP contribution in [0.3, 0.4) is 0 Å². The Balaban J connectivity index is 1.58. The Kier molecular flexibility index (Phi) is 9.09. The van der Waals surface area contributed by atoms with Gasteiger partial charge in [-0.05, 0) is 55.7 Å². The number of nitrogens with zero attached hydrogens (tertiary/aromatic N) is 2. The predicted molar refractivity (Wildman–Crippen MR) is 133 cm³/mol. The molecule has 0 aliphatic rings. The first-order valence-corrected chi connectivity index (χ1v) is 12.1. The van der Waals surface area contributed by atoms with E-state index in [1.54, 1.807) is 0 Å². The number of carbonyl (C=O) groups is 1. The minimum atomic E-state index is 0.133.